The van der Waals surface area contributed by atoms with Crippen molar-refractivity contribution in [3.05, 3.63) is 63.6 Å². The lowest BCUT2D eigenvalue weighted by Crippen LogP contribution is -2.52. The summed E-state index contributed by atoms with van der Waals surface area (Å²) >= 11 is 9.71. The first kappa shape index (κ1) is 28.1. The molecule has 1 N–H and O–H groups in total. The number of halogens is 2. The molecular formula is C24H31BrClN3O4S. The predicted octanol–water partition coefficient (Wildman–Crippen LogP) is 4.45. The molecule has 186 valence electrons. The summed E-state index contributed by atoms with van der Waals surface area (Å²) in [6.07, 6.45) is 1.40. The van der Waals surface area contributed by atoms with Crippen molar-refractivity contribution >= 4 is 55.1 Å². The zero-order valence-electron chi connectivity index (χ0n) is 19.8. The van der Waals surface area contributed by atoms with Gasteiger partial charge >= 0.3 is 0 Å². The Hall–Kier alpha value is -2.10. The Morgan fingerprint density at radius 3 is 2.26 bits per heavy atom. The highest BCUT2D eigenvalue weighted by Gasteiger charge is 2.32. The van der Waals surface area contributed by atoms with E-state index < -0.39 is 28.5 Å². The Bertz CT molecular complexity index is 1110. The molecule has 0 bridgehead atoms. The average molecular weight is 573 g/mol. The first-order valence-electron chi connectivity index (χ1n) is 11.0. The Morgan fingerprint density at radius 1 is 1.09 bits per heavy atom. The van der Waals surface area contributed by atoms with Crippen molar-refractivity contribution in [3.63, 3.8) is 0 Å². The smallest absolute Gasteiger partial charge is 0.244 e. The number of hydrogen-bond donors (Lipinski definition) is 1. The summed E-state index contributed by atoms with van der Waals surface area (Å²) < 4.78 is 26.9. The molecule has 10 heteroatoms. The van der Waals surface area contributed by atoms with E-state index in [2.05, 4.69) is 21.2 Å². The van der Waals surface area contributed by atoms with Crippen LogP contribution < -0.4 is 9.62 Å². The number of benzene rings is 2. The summed E-state index contributed by atoms with van der Waals surface area (Å²) in [5.74, 6) is -0.554. The minimum Gasteiger partial charge on any atom is -0.354 e. The highest BCUT2D eigenvalue weighted by molar-refractivity contribution is 9.10. The second-order valence-corrected chi connectivity index (χ2v) is 11.6. The van der Waals surface area contributed by atoms with Gasteiger partial charge in [0.25, 0.3) is 0 Å². The van der Waals surface area contributed by atoms with Gasteiger partial charge in [0.15, 0.2) is 0 Å². The lowest BCUT2D eigenvalue weighted by Gasteiger charge is -2.33. The number of sulfonamides is 1. The number of hydrogen-bond acceptors (Lipinski definition) is 4. The highest BCUT2D eigenvalue weighted by atomic mass is 79.9. The second kappa shape index (κ2) is 12.6. The number of carbonyl (C=O) groups excluding carboxylic acids is 2. The van der Waals surface area contributed by atoms with Gasteiger partial charge in [-0.15, -0.1) is 0 Å². The van der Waals surface area contributed by atoms with Crippen LogP contribution in [0.2, 0.25) is 5.02 Å². The van der Waals surface area contributed by atoms with Crippen LogP contribution in [0.4, 0.5) is 5.69 Å². The van der Waals surface area contributed by atoms with Gasteiger partial charge in [-0.1, -0.05) is 62.7 Å². The minimum atomic E-state index is -3.79. The first-order chi connectivity index (χ1) is 16.0. The van der Waals surface area contributed by atoms with Crippen molar-refractivity contribution in [2.24, 2.45) is 5.92 Å². The van der Waals surface area contributed by atoms with Crippen molar-refractivity contribution in [2.45, 2.75) is 39.8 Å². The normalized spacial score (nSPS) is 12.3. The summed E-state index contributed by atoms with van der Waals surface area (Å²) in [5, 5.41) is 3.35. The van der Waals surface area contributed by atoms with E-state index in [0.29, 0.717) is 33.7 Å². The van der Waals surface area contributed by atoms with Crippen LogP contribution in [-0.2, 0) is 26.2 Å². The maximum Gasteiger partial charge on any atom is 0.244 e. The third-order valence-corrected chi connectivity index (χ3v) is 7.34. The van der Waals surface area contributed by atoms with Crippen molar-refractivity contribution in [1.29, 1.82) is 0 Å². The zero-order valence-corrected chi connectivity index (χ0v) is 23.0. The fourth-order valence-electron chi connectivity index (χ4n) is 3.40. The molecule has 7 nitrogen and oxygen atoms in total. The first-order valence-corrected chi connectivity index (χ1v) is 14.0. The van der Waals surface area contributed by atoms with E-state index in [1.54, 1.807) is 48.5 Å². The van der Waals surface area contributed by atoms with Crippen LogP contribution >= 0.6 is 27.5 Å². The molecule has 0 saturated heterocycles. The molecule has 0 heterocycles. The van der Waals surface area contributed by atoms with E-state index in [4.69, 9.17) is 11.6 Å². The van der Waals surface area contributed by atoms with Gasteiger partial charge in [0.2, 0.25) is 21.8 Å². The molecular weight excluding hydrogens is 542 g/mol. The molecule has 0 aliphatic heterocycles. The van der Waals surface area contributed by atoms with Crippen LogP contribution in [0.25, 0.3) is 0 Å². The highest BCUT2D eigenvalue weighted by Crippen LogP contribution is 2.28. The largest absolute Gasteiger partial charge is 0.354 e. The third-order valence-electron chi connectivity index (χ3n) is 5.17. The molecule has 1 atom stereocenters. The number of carbonyl (C=O) groups is 2. The number of nitrogens with one attached hydrogen (secondary N) is 1. The van der Waals surface area contributed by atoms with E-state index in [9.17, 15) is 18.0 Å². The predicted molar refractivity (Wildman–Crippen MR) is 140 cm³/mol. The van der Waals surface area contributed by atoms with E-state index in [-0.39, 0.29) is 18.4 Å². The summed E-state index contributed by atoms with van der Waals surface area (Å²) in [7, 11) is -3.79. The van der Waals surface area contributed by atoms with Gasteiger partial charge in [-0.25, -0.2) is 8.42 Å². The summed E-state index contributed by atoms with van der Waals surface area (Å²) in [6, 6.07) is 13.0. The molecule has 0 saturated carbocycles. The molecule has 0 aliphatic rings. The van der Waals surface area contributed by atoms with Crippen LogP contribution in [-0.4, -0.2) is 50.5 Å². The molecule has 34 heavy (non-hydrogen) atoms. The Kier molecular flexibility index (Phi) is 10.4. The van der Waals surface area contributed by atoms with Crippen molar-refractivity contribution < 1.29 is 18.0 Å². The SMILES string of the molecule is CCC(C(=O)NCC(C)C)N(Cc1ccccc1Cl)C(=O)CN(c1ccccc1Br)S(C)(=O)=O. The minimum absolute atomic E-state index is 0.0691. The Morgan fingerprint density at radius 2 is 1.71 bits per heavy atom. The molecule has 0 aromatic heterocycles. The van der Waals surface area contributed by atoms with Crippen LogP contribution in [0.3, 0.4) is 0 Å². The summed E-state index contributed by atoms with van der Waals surface area (Å²) in [5.41, 5.74) is 1.01. The zero-order chi connectivity index (χ0) is 25.5. The van der Waals surface area contributed by atoms with E-state index in [1.165, 1.54) is 4.90 Å². The van der Waals surface area contributed by atoms with Gasteiger partial charge < -0.3 is 10.2 Å². The Labute approximate surface area is 215 Å². The second-order valence-electron chi connectivity index (χ2n) is 8.40. The summed E-state index contributed by atoms with van der Waals surface area (Å²) in [6.45, 7) is 5.86. The molecule has 0 radical (unpaired) electrons. The van der Waals surface area contributed by atoms with Crippen LogP contribution in [0.1, 0.15) is 32.8 Å². The number of anilines is 1. The van der Waals surface area contributed by atoms with Crippen LogP contribution in [0.5, 0.6) is 0 Å². The standard InChI is InChI=1S/C24H31BrClN3O4S/c1-5-21(24(31)27-14-17(2)3)28(15-18-10-6-8-12-20(18)26)23(30)16-29(34(4,32)33)22-13-9-7-11-19(22)25/h6-13,17,21H,5,14-16H2,1-4H3,(H,27,31). The maximum absolute atomic E-state index is 13.6. The number of rotatable bonds is 11. The van der Waals surface area contributed by atoms with Crippen molar-refractivity contribution in [3.8, 4) is 0 Å². The van der Waals surface area contributed by atoms with Gasteiger partial charge in [0, 0.05) is 22.6 Å². The average Bonchev–Trinajstić information content (AvgIpc) is 2.76. The van der Waals surface area contributed by atoms with Crippen LogP contribution in [0, 0.1) is 5.92 Å². The van der Waals surface area contributed by atoms with Crippen LogP contribution in [0.15, 0.2) is 53.0 Å². The molecule has 2 rings (SSSR count). The van der Waals surface area contributed by atoms with E-state index in [0.717, 1.165) is 10.6 Å². The summed E-state index contributed by atoms with van der Waals surface area (Å²) in [4.78, 5) is 28.1. The van der Waals surface area contributed by atoms with E-state index >= 15 is 0 Å². The molecule has 2 aromatic rings. The van der Waals surface area contributed by atoms with Gasteiger partial charge in [0.05, 0.1) is 11.9 Å². The number of para-hydroxylation sites is 1. The number of nitrogens with zero attached hydrogens (tertiary/aromatic N) is 2. The van der Waals surface area contributed by atoms with E-state index in [1.807, 2.05) is 20.8 Å². The molecule has 1 unspecified atom stereocenters. The van der Waals surface area contributed by atoms with Crippen molar-refractivity contribution in [1.82, 2.24) is 10.2 Å². The molecule has 2 amide bonds. The van der Waals surface area contributed by atoms with Gasteiger partial charge in [0.1, 0.15) is 12.6 Å². The Balaban J connectivity index is 2.45. The van der Waals surface area contributed by atoms with Gasteiger partial charge in [-0.05, 0) is 52.0 Å². The number of amides is 2. The van der Waals surface area contributed by atoms with Gasteiger partial charge in [-0.3, -0.25) is 13.9 Å². The quantitative estimate of drug-likeness (QED) is 0.431. The third kappa shape index (κ3) is 7.71. The molecule has 0 aliphatic carbocycles. The lowest BCUT2D eigenvalue weighted by atomic mass is 10.1. The maximum atomic E-state index is 13.6. The fourth-order valence-corrected chi connectivity index (χ4v) is 5.07. The lowest BCUT2D eigenvalue weighted by molar-refractivity contribution is -0.140. The molecule has 0 fully saturated rings. The molecule has 0 spiro atoms. The topological polar surface area (TPSA) is 86.8 Å². The molecule has 2 aromatic carbocycles. The fraction of sp³-hybridized carbons (Fsp3) is 0.417. The van der Waals surface area contributed by atoms with Gasteiger partial charge in [-0.2, -0.15) is 0 Å². The van der Waals surface area contributed by atoms with Crippen molar-refractivity contribution in [2.75, 3.05) is 23.7 Å². The monoisotopic (exact) mass is 571 g/mol.